The Kier molecular flexibility index (Phi) is 33.0. The lowest BCUT2D eigenvalue weighted by molar-refractivity contribution is -0.202. The summed E-state index contributed by atoms with van der Waals surface area (Å²) in [5.41, 5.74) is 0. The van der Waals surface area contributed by atoms with Crippen LogP contribution in [0.2, 0.25) is 0 Å². The second-order valence-electron chi connectivity index (χ2n) is 12.6. The van der Waals surface area contributed by atoms with Gasteiger partial charge in [-0.2, -0.15) is 0 Å². The summed E-state index contributed by atoms with van der Waals surface area (Å²) < 4.78 is 10.4. The summed E-state index contributed by atoms with van der Waals surface area (Å²) in [7, 11) is 0. The highest BCUT2D eigenvalue weighted by molar-refractivity contribution is 5.71. The fourth-order valence-corrected chi connectivity index (χ4v) is 5.24. The van der Waals surface area contributed by atoms with Gasteiger partial charge in [-0.3, -0.25) is 9.59 Å². The van der Waals surface area contributed by atoms with Gasteiger partial charge < -0.3 is 14.6 Å². The molecule has 0 aliphatic rings. The lowest BCUT2D eigenvalue weighted by atomic mass is 10.1. The molecule has 257 valence electrons. The van der Waals surface area contributed by atoms with E-state index >= 15 is 0 Å². The van der Waals surface area contributed by atoms with Gasteiger partial charge in [0.15, 0.2) is 0 Å². The Morgan fingerprint density at radius 3 is 1.07 bits per heavy atom. The van der Waals surface area contributed by atoms with Crippen molar-refractivity contribution in [3.8, 4) is 0 Å². The Labute approximate surface area is 273 Å². The van der Waals surface area contributed by atoms with Gasteiger partial charge in [-0.1, -0.05) is 141 Å². The first kappa shape index (κ1) is 42.4. The highest BCUT2D eigenvalue weighted by Crippen LogP contribution is 2.14. The SMILES string of the molecule is [CH2]C(O)C(OC(=O)CCCCCCC/C=C\CCCCCCCC)OC(=O)CCCCCCC/C=C\CCCCCCCC. The zero-order chi connectivity index (χ0) is 32.4. The molecule has 5 heteroatoms. The fraction of sp³-hybridized carbons (Fsp3) is 0.821. The molecule has 1 unspecified atom stereocenters. The maximum atomic E-state index is 12.2. The van der Waals surface area contributed by atoms with Crippen molar-refractivity contribution in [2.24, 2.45) is 0 Å². The quantitative estimate of drug-likeness (QED) is 0.0342. The number of allylic oxidation sites excluding steroid dienone is 4. The molecular formula is C39H71O5. The number of hydrogen-bond donors (Lipinski definition) is 1. The maximum Gasteiger partial charge on any atom is 0.308 e. The first-order valence-electron chi connectivity index (χ1n) is 18.7. The largest absolute Gasteiger partial charge is 0.422 e. The number of ether oxygens (including phenoxy) is 2. The van der Waals surface area contributed by atoms with Gasteiger partial charge in [0.25, 0.3) is 6.29 Å². The molecule has 0 aromatic heterocycles. The normalized spacial score (nSPS) is 12.5. The Balaban J connectivity index is 3.71. The van der Waals surface area contributed by atoms with E-state index in [1.165, 1.54) is 103 Å². The van der Waals surface area contributed by atoms with Crippen LogP contribution in [0, 0.1) is 6.92 Å². The van der Waals surface area contributed by atoms with E-state index in [-0.39, 0.29) is 12.8 Å². The van der Waals surface area contributed by atoms with Crippen LogP contribution >= 0.6 is 0 Å². The second-order valence-corrected chi connectivity index (χ2v) is 12.6. The number of aliphatic hydroxyl groups excluding tert-OH is 1. The molecule has 0 amide bonds. The van der Waals surface area contributed by atoms with Crippen LogP contribution in [0.1, 0.15) is 194 Å². The number of hydrogen-bond acceptors (Lipinski definition) is 5. The molecule has 0 aromatic carbocycles. The number of aliphatic hydroxyl groups is 1. The molecule has 0 fully saturated rings. The molecule has 0 saturated carbocycles. The minimum Gasteiger partial charge on any atom is -0.422 e. The first-order valence-corrected chi connectivity index (χ1v) is 18.7. The summed E-state index contributed by atoms with van der Waals surface area (Å²) in [6.45, 7) is 8.00. The lowest BCUT2D eigenvalue weighted by Gasteiger charge is -2.20. The third-order valence-corrected chi connectivity index (χ3v) is 8.09. The molecule has 5 nitrogen and oxygen atoms in total. The number of carbonyl (C=O) groups excluding carboxylic acids is 2. The van der Waals surface area contributed by atoms with Gasteiger partial charge in [-0.05, 0) is 71.1 Å². The molecule has 0 spiro atoms. The van der Waals surface area contributed by atoms with Crippen molar-refractivity contribution >= 4 is 11.9 Å². The summed E-state index contributed by atoms with van der Waals surface area (Å²) in [6, 6.07) is 0. The van der Waals surface area contributed by atoms with Crippen molar-refractivity contribution in [2.75, 3.05) is 0 Å². The highest BCUT2D eigenvalue weighted by atomic mass is 16.7. The first-order chi connectivity index (χ1) is 21.5. The van der Waals surface area contributed by atoms with Gasteiger partial charge in [0, 0.05) is 12.8 Å². The Hall–Kier alpha value is -1.62. The van der Waals surface area contributed by atoms with Crippen molar-refractivity contribution in [1.82, 2.24) is 0 Å². The van der Waals surface area contributed by atoms with Crippen LogP contribution in [-0.2, 0) is 19.1 Å². The van der Waals surface area contributed by atoms with Crippen LogP contribution in [0.4, 0.5) is 0 Å². The van der Waals surface area contributed by atoms with Crippen LogP contribution in [0.3, 0.4) is 0 Å². The van der Waals surface area contributed by atoms with Gasteiger partial charge in [-0.15, -0.1) is 0 Å². The van der Waals surface area contributed by atoms with Crippen LogP contribution in [0.15, 0.2) is 24.3 Å². The maximum absolute atomic E-state index is 12.2. The number of unbranched alkanes of at least 4 members (excludes halogenated alkanes) is 22. The van der Waals surface area contributed by atoms with Crippen LogP contribution in [0.25, 0.3) is 0 Å². The summed E-state index contributed by atoms with van der Waals surface area (Å²) in [5, 5.41) is 9.84. The van der Waals surface area contributed by atoms with E-state index in [4.69, 9.17) is 9.47 Å². The Bertz CT molecular complexity index is 630. The second kappa shape index (κ2) is 34.3. The predicted molar refractivity (Wildman–Crippen MR) is 186 cm³/mol. The van der Waals surface area contributed by atoms with E-state index in [9.17, 15) is 14.7 Å². The lowest BCUT2D eigenvalue weighted by Crippen LogP contribution is -2.34. The summed E-state index contributed by atoms with van der Waals surface area (Å²) in [5.74, 6) is -0.909. The van der Waals surface area contributed by atoms with E-state index in [0.717, 1.165) is 64.2 Å². The Morgan fingerprint density at radius 2 is 0.773 bits per heavy atom. The van der Waals surface area contributed by atoms with Gasteiger partial charge in [0.2, 0.25) is 0 Å². The molecule has 0 bridgehead atoms. The van der Waals surface area contributed by atoms with E-state index in [2.05, 4.69) is 45.1 Å². The standard InChI is InChI=1S/C39H71O5/c1-4-6-8-10-12-14-16-18-20-22-24-26-28-30-32-34-37(41)43-39(36(3)40)44-38(42)35-33-31-29-27-25-23-21-19-17-15-13-11-9-7-5-2/h18-21,36,39-40H,3-17,22-35H2,1-2H3/b20-18-,21-19-. The van der Waals surface area contributed by atoms with Crippen molar-refractivity contribution in [1.29, 1.82) is 0 Å². The van der Waals surface area contributed by atoms with E-state index in [0.29, 0.717) is 0 Å². The molecule has 0 rings (SSSR count). The van der Waals surface area contributed by atoms with E-state index < -0.39 is 24.3 Å². The molecule has 0 saturated heterocycles. The number of esters is 2. The molecule has 1 radical (unpaired) electrons. The molecule has 44 heavy (non-hydrogen) atoms. The highest BCUT2D eigenvalue weighted by Gasteiger charge is 2.23. The monoisotopic (exact) mass is 620 g/mol. The van der Waals surface area contributed by atoms with Crippen molar-refractivity contribution in [3.05, 3.63) is 31.2 Å². The molecule has 1 atom stereocenters. The van der Waals surface area contributed by atoms with Crippen molar-refractivity contribution < 1.29 is 24.2 Å². The fourth-order valence-electron chi connectivity index (χ4n) is 5.24. The average Bonchev–Trinajstić information content (AvgIpc) is 3.00. The summed E-state index contributed by atoms with van der Waals surface area (Å²) in [4.78, 5) is 24.4. The molecule has 0 aliphatic carbocycles. The number of carbonyl (C=O) groups is 2. The molecular weight excluding hydrogens is 548 g/mol. The average molecular weight is 620 g/mol. The topological polar surface area (TPSA) is 72.8 Å². The van der Waals surface area contributed by atoms with Gasteiger partial charge in [0.05, 0.1) is 0 Å². The van der Waals surface area contributed by atoms with Gasteiger partial charge in [-0.25, -0.2) is 0 Å². The van der Waals surface area contributed by atoms with Crippen LogP contribution < -0.4 is 0 Å². The summed E-state index contributed by atoms with van der Waals surface area (Å²) in [6.07, 6.45) is 38.2. The third kappa shape index (κ3) is 31.8. The third-order valence-electron chi connectivity index (χ3n) is 8.09. The smallest absolute Gasteiger partial charge is 0.308 e. The molecule has 0 aromatic rings. The van der Waals surface area contributed by atoms with Crippen molar-refractivity contribution in [3.63, 3.8) is 0 Å². The zero-order valence-corrected chi connectivity index (χ0v) is 29.1. The molecule has 0 aliphatic heterocycles. The van der Waals surface area contributed by atoms with Crippen LogP contribution in [0.5, 0.6) is 0 Å². The Morgan fingerprint density at radius 1 is 0.500 bits per heavy atom. The number of rotatable bonds is 33. The zero-order valence-electron chi connectivity index (χ0n) is 29.1. The van der Waals surface area contributed by atoms with Crippen molar-refractivity contribution in [2.45, 2.75) is 206 Å². The van der Waals surface area contributed by atoms with Gasteiger partial charge in [0.1, 0.15) is 6.10 Å². The molecule has 0 heterocycles. The summed E-state index contributed by atoms with van der Waals surface area (Å²) >= 11 is 0. The minimum atomic E-state index is -1.33. The predicted octanol–water partition coefficient (Wildman–Crippen LogP) is 11.7. The van der Waals surface area contributed by atoms with E-state index in [1.54, 1.807) is 0 Å². The van der Waals surface area contributed by atoms with Crippen LogP contribution in [-0.4, -0.2) is 29.4 Å². The minimum absolute atomic E-state index is 0.257. The van der Waals surface area contributed by atoms with Gasteiger partial charge >= 0.3 is 11.9 Å². The molecule has 1 N–H and O–H groups in total. The van der Waals surface area contributed by atoms with E-state index in [1.807, 2.05) is 0 Å².